The topological polar surface area (TPSA) is 326 Å². The van der Waals surface area contributed by atoms with Crippen LogP contribution in [0.4, 0.5) is 0 Å². The molecule has 2 aliphatic rings. The Morgan fingerprint density at radius 3 is 2.23 bits per heavy atom. The molecule has 0 aromatic heterocycles. The minimum Gasteiger partial charge on any atom is -0.495 e. The maximum atomic E-state index is 14.0. The fourth-order valence-corrected chi connectivity index (χ4v) is 10.1. The maximum absolute atomic E-state index is 14.0. The first kappa shape index (κ1) is 72.5. The minimum absolute atomic E-state index is 0.0517. The monoisotopic (exact) mass is 1260 g/mol. The molecular weight excluding hydrogens is 1170 g/mol. The Bertz CT molecular complexity index is 2910. The second-order valence-corrected chi connectivity index (χ2v) is 25.4. The number of carbonyl (C=O) groups excluding carboxylic acids is 10. The number of benzene rings is 2. The molecule has 25 heteroatoms. The number of Topliss-reactive ketones (excluding diaryl/α,β-unsaturated/α-hetero) is 2. The highest BCUT2D eigenvalue weighted by Crippen LogP contribution is 2.45. The van der Waals surface area contributed by atoms with Gasteiger partial charge in [0.25, 0.3) is 10.1 Å². The van der Waals surface area contributed by atoms with Crippen LogP contribution < -0.4 is 26.0 Å². The van der Waals surface area contributed by atoms with Crippen molar-refractivity contribution >= 4 is 80.7 Å². The number of hydrogen-bond acceptors (Lipinski definition) is 17. The normalized spacial score (nSPS) is 20.5. The van der Waals surface area contributed by atoms with Crippen molar-refractivity contribution in [1.29, 1.82) is 0 Å². The molecule has 5 N–H and O–H groups in total. The minimum atomic E-state index is -4.31. The van der Waals surface area contributed by atoms with Gasteiger partial charge in [0.15, 0.2) is 11.9 Å². The molecule has 0 aliphatic carbocycles. The van der Waals surface area contributed by atoms with Crippen LogP contribution in [0.5, 0.6) is 5.75 Å². The highest BCUT2D eigenvalue weighted by molar-refractivity contribution is 7.85. The summed E-state index contributed by atoms with van der Waals surface area (Å²) in [7, 11) is -2.84. The molecule has 480 valence electrons. The van der Waals surface area contributed by atoms with E-state index < -0.39 is 117 Å². The molecule has 0 radical (unpaired) electrons. The number of ether oxygens (including phenoxy) is 5. The first-order valence-electron chi connectivity index (χ1n) is 29.3. The third-order valence-electron chi connectivity index (χ3n) is 14.9. The van der Waals surface area contributed by atoms with E-state index in [0.717, 1.165) is 11.1 Å². The van der Waals surface area contributed by atoms with Crippen molar-refractivity contribution in [3.8, 4) is 5.75 Å². The van der Waals surface area contributed by atoms with Crippen LogP contribution in [0, 0.1) is 29.1 Å². The second kappa shape index (κ2) is 34.5. The summed E-state index contributed by atoms with van der Waals surface area (Å²) in [6, 6.07) is 10.5. The Hall–Kier alpha value is -7.02. The number of ketones is 2. The standard InChI is InChI=1S/C62H86ClN5O18S/c1-11-30-83-55(74)26-29-68(54(73)24-23-52(71)64-27-31-87(79,80)81)28-25-44(69)35-45(38(4)5)58(75)66-40(7)48(70)21-17-41-15-19-43(20-16-41)57-56(86-57)39(6)49-13-12-14-53(72)67-47(34-42-18-22-50(82-10)46(63)33-42)59(76)65-36-62(8,9)61(78)85-51(32-37(2)3)60(77)84-49/h11-12,14-16,18-20,22,33,37-40,45,47,49,51,56-57H,1,13,17,21,23-32,34-36H2,2-10H3,(H,64,71)(H,65,76)(H,66,75)(H,67,72)(H,79,80,81)/b14-12+/t39-,40-,45-,47+,49-,51-,56+,57+/m0/s1. The van der Waals surface area contributed by atoms with Crippen molar-refractivity contribution in [3.63, 3.8) is 0 Å². The lowest BCUT2D eigenvalue weighted by atomic mass is 9.88. The van der Waals surface area contributed by atoms with Crippen LogP contribution in [0.3, 0.4) is 0 Å². The average Bonchev–Trinajstić information content (AvgIpc) is 1.80. The van der Waals surface area contributed by atoms with Gasteiger partial charge in [0.2, 0.25) is 29.5 Å². The highest BCUT2D eigenvalue weighted by atomic mass is 35.5. The fraction of sp³-hybridized carbons (Fsp3) is 0.581. The van der Waals surface area contributed by atoms with Crippen molar-refractivity contribution in [2.24, 2.45) is 29.1 Å². The lowest BCUT2D eigenvalue weighted by molar-refractivity contribution is -0.179. The number of halogens is 1. The van der Waals surface area contributed by atoms with Crippen molar-refractivity contribution in [2.45, 2.75) is 156 Å². The van der Waals surface area contributed by atoms with Gasteiger partial charge in [-0.15, -0.1) is 0 Å². The van der Waals surface area contributed by atoms with E-state index >= 15 is 0 Å². The predicted octanol–water partition coefficient (Wildman–Crippen LogP) is 5.48. The molecule has 2 heterocycles. The van der Waals surface area contributed by atoms with Gasteiger partial charge in [0.1, 0.15) is 36.4 Å². The lowest BCUT2D eigenvalue weighted by Gasteiger charge is -2.29. The van der Waals surface area contributed by atoms with Gasteiger partial charge in [-0.1, -0.05) is 95.3 Å². The van der Waals surface area contributed by atoms with Gasteiger partial charge < -0.3 is 49.9 Å². The summed E-state index contributed by atoms with van der Waals surface area (Å²) in [5, 5.41) is 10.9. The van der Waals surface area contributed by atoms with E-state index in [0.29, 0.717) is 22.8 Å². The van der Waals surface area contributed by atoms with Crippen LogP contribution in [-0.4, -0.2) is 153 Å². The van der Waals surface area contributed by atoms with E-state index in [9.17, 15) is 56.4 Å². The fourth-order valence-electron chi connectivity index (χ4n) is 9.42. The number of nitrogens with zero attached hydrogens (tertiary/aromatic N) is 1. The number of cyclic esters (lactones) is 2. The van der Waals surface area contributed by atoms with Gasteiger partial charge in [0.05, 0.1) is 41.9 Å². The smallest absolute Gasteiger partial charge is 0.347 e. The van der Waals surface area contributed by atoms with Crippen LogP contribution in [0.15, 0.2) is 67.3 Å². The largest absolute Gasteiger partial charge is 0.495 e. The summed E-state index contributed by atoms with van der Waals surface area (Å²) in [5.74, 6) is -7.53. The van der Waals surface area contributed by atoms with Gasteiger partial charge in [-0.2, -0.15) is 8.42 Å². The quantitative estimate of drug-likeness (QED) is 0.0205. The van der Waals surface area contributed by atoms with Crippen LogP contribution >= 0.6 is 11.6 Å². The molecule has 4 rings (SSSR count). The molecule has 87 heavy (non-hydrogen) atoms. The zero-order valence-electron chi connectivity index (χ0n) is 51.2. The Morgan fingerprint density at radius 1 is 0.920 bits per heavy atom. The van der Waals surface area contributed by atoms with Crippen molar-refractivity contribution < 1.29 is 84.6 Å². The molecule has 23 nitrogen and oxygen atoms in total. The number of amides is 5. The van der Waals surface area contributed by atoms with Crippen molar-refractivity contribution in [1.82, 2.24) is 26.2 Å². The third kappa shape index (κ3) is 24.9. The third-order valence-corrected chi connectivity index (χ3v) is 15.9. The summed E-state index contributed by atoms with van der Waals surface area (Å²) in [6.07, 6.45) is 0.691. The van der Waals surface area contributed by atoms with E-state index in [1.807, 2.05) is 45.0 Å². The van der Waals surface area contributed by atoms with Crippen molar-refractivity contribution in [3.05, 3.63) is 89.0 Å². The summed E-state index contributed by atoms with van der Waals surface area (Å²) in [6.45, 7) is 16.5. The molecule has 0 bridgehead atoms. The summed E-state index contributed by atoms with van der Waals surface area (Å²) < 4.78 is 59.3. The molecule has 2 aliphatic heterocycles. The Morgan fingerprint density at radius 2 is 1.60 bits per heavy atom. The number of carbonyl (C=O) groups is 10. The summed E-state index contributed by atoms with van der Waals surface area (Å²) >= 11 is 6.38. The van der Waals surface area contributed by atoms with Gasteiger partial charge >= 0.3 is 17.9 Å². The van der Waals surface area contributed by atoms with Crippen LogP contribution in [-0.2, 0) is 89.9 Å². The van der Waals surface area contributed by atoms with Gasteiger partial charge in [-0.25, -0.2) is 4.79 Å². The van der Waals surface area contributed by atoms with E-state index in [-0.39, 0.29) is 114 Å². The number of nitrogens with one attached hydrogen (secondary N) is 4. The van der Waals surface area contributed by atoms with Crippen LogP contribution in [0.1, 0.15) is 130 Å². The van der Waals surface area contributed by atoms with E-state index in [1.165, 1.54) is 24.2 Å². The predicted molar refractivity (Wildman–Crippen MR) is 321 cm³/mol. The number of aryl methyl sites for hydroxylation is 1. The van der Waals surface area contributed by atoms with Crippen LogP contribution in [0.2, 0.25) is 5.02 Å². The number of epoxide rings is 1. The molecule has 8 atom stereocenters. The molecular formula is C62H86ClN5O18S. The summed E-state index contributed by atoms with van der Waals surface area (Å²) in [5.41, 5.74) is 0.997. The number of methoxy groups -OCH3 is 1. The molecule has 2 aromatic rings. The second-order valence-electron chi connectivity index (χ2n) is 23.4. The molecule has 1 saturated heterocycles. The number of esters is 3. The first-order valence-corrected chi connectivity index (χ1v) is 31.2. The SMILES string of the molecule is C=CCOC(=O)CCN(CCC(=O)C[C@H](C(=O)N[C@@H](C)C(=O)CCc1ccc([C@H]2O[C@@H]2[C@@H](C)[C@@H]2C/C=C/C(=O)N[C@H](Cc3ccc(OC)c(Cl)c3)C(=O)NCC(C)(C)C(=O)O[C@@H](CC(C)C)C(=O)O2)cc1)C(C)C)C(=O)CCC(=O)NCCS(=O)(=O)O. The number of hydrogen-bond donors (Lipinski definition) is 5. The van der Waals surface area contributed by atoms with Gasteiger partial charge in [-0.3, -0.25) is 47.7 Å². The zero-order chi connectivity index (χ0) is 64.8. The van der Waals surface area contributed by atoms with E-state index in [1.54, 1.807) is 58.9 Å². The van der Waals surface area contributed by atoms with Gasteiger partial charge in [0, 0.05) is 83.0 Å². The lowest BCUT2D eigenvalue weighted by Crippen LogP contribution is -2.51. The van der Waals surface area contributed by atoms with Crippen molar-refractivity contribution in [2.75, 3.05) is 45.6 Å². The Labute approximate surface area is 514 Å². The molecule has 2 aromatic carbocycles. The maximum Gasteiger partial charge on any atom is 0.347 e. The zero-order valence-corrected chi connectivity index (χ0v) is 52.8. The first-order chi connectivity index (χ1) is 40.9. The van der Waals surface area contributed by atoms with E-state index in [2.05, 4.69) is 27.8 Å². The van der Waals surface area contributed by atoms with E-state index in [4.69, 9.17) is 39.8 Å². The average molecular weight is 1260 g/mol. The molecule has 0 spiro atoms. The molecule has 1 fully saturated rings. The molecule has 0 saturated carbocycles. The number of rotatable bonds is 31. The summed E-state index contributed by atoms with van der Waals surface area (Å²) in [4.78, 5) is 134. The Kier molecular flexibility index (Phi) is 28.7. The van der Waals surface area contributed by atoms with Gasteiger partial charge in [-0.05, 0) is 80.3 Å². The highest BCUT2D eigenvalue weighted by Gasteiger charge is 2.48. The van der Waals surface area contributed by atoms with Crippen LogP contribution in [0.25, 0.3) is 0 Å². The molecule has 0 unspecified atom stereocenters. The molecule has 5 amide bonds. The Balaban J connectivity index is 1.37.